The molecule has 1 saturated heterocycles. The fraction of sp³-hybridized carbons (Fsp3) is 0.760. The van der Waals surface area contributed by atoms with Crippen LogP contribution in [0.3, 0.4) is 0 Å². The van der Waals surface area contributed by atoms with E-state index in [-0.39, 0.29) is 30.8 Å². The molecule has 14 heteroatoms. The molecule has 5 atom stereocenters. The zero-order chi connectivity index (χ0) is 29.9. The first kappa shape index (κ1) is 33.6. The maximum Gasteiger partial charge on any atom is 0.326 e. The smallest absolute Gasteiger partial charge is 0.326 e. The molecular weight excluding hydrogens is 508 g/mol. The van der Waals surface area contributed by atoms with Gasteiger partial charge in [0.1, 0.15) is 24.2 Å². The minimum atomic E-state index is -1.21. The van der Waals surface area contributed by atoms with E-state index < -0.39 is 59.8 Å². The number of nitrogens with two attached hydrogens (primary N) is 3. The number of amides is 4. The molecule has 0 aromatic rings. The number of carboxylic acid groups (broad SMARTS) is 1. The quantitative estimate of drug-likeness (QED) is 0.0716. The van der Waals surface area contributed by atoms with Crippen LogP contribution in [0.1, 0.15) is 66.7 Å². The number of carboxylic acids is 1. The van der Waals surface area contributed by atoms with Gasteiger partial charge in [-0.3, -0.25) is 24.2 Å². The van der Waals surface area contributed by atoms with Crippen LogP contribution < -0.4 is 33.2 Å². The molecule has 222 valence electrons. The topological polar surface area (TPSA) is 235 Å². The highest BCUT2D eigenvalue weighted by atomic mass is 16.4. The minimum absolute atomic E-state index is 0.0342. The van der Waals surface area contributed by atoms with E-state index in [0.717, 1.165) is 0 Å². The second kappa shape index (κ2) is 15.9. The van der Waals surface area contributed by atoms with Gasteiger partial charge in [0.2, 0.25) is 23.6 Å². The summed E-state index contributed by atoms with van der Waals surface area (Å²) in [7, 11) is 0. The lowest BCUT2D eigenvalue weighted by Crippen LogP contribution is -2.59. The summed E-state index contributed by atoms with van der Waals surface area (Å²) in [6, 6.07) is -4.69. The van der Waals surface area contributed by atoms with Crippen LogP contribution in [0.4, 0.5) is 0 Å². The average molecular weight is 555 g/mol. The lowest BCUT2D eigenvalue weighted by Gasteiger charge is -2.31. The van der Waals surface area contributed by atoms with Gasteiger partial charge in [-0.15, -0.1) is 0 Å². The second-order valence-electron chi connectivity index (χ2n) is 10.7. The summed E-state index contributed by atoms with van der Waals surface area (Å²) < 4.78 is 0. The standard InChI is InChI=1S/C25H46N8O6/c1-13(2)12-17(31-22(36)19(14(3)4)32-20(34)15(5)26)23(37)33-11-7-9-18(33)21(35)30-16(24(38)39)8-6-10-29-25(27)28/h13-19H,6-12,26H2,1-5H3,(H,30,35)(H,31,36)(H,32,34)(H,38,39)(H4,27,28,29). The number of nitrogens with zero attached hydrogens (tertiary/aromatic N) is 2. The Balaban J connectivity index is 3.01. The van der Waals surface area contributed by atoms with Crippen LogP contribution in [0.25, 0.3) is 0 Å². The molecular formula is C25H46N8O6. The molecule has 1 heterocycles. The molecule has 0 aromatic heterocycles. The number of carbonyl (C=O) groups is 5. The number of guanidine groups is 1. The zero-order valence-electron chi connectivity index (χ0n) is 23.6. The van der Waals surface area contributed by atoms with E-state index in [9.17, 15) is 29.1 Å². The third-order valence-electron chi connectivity index (χ3n) is 6.38. The SMILES string of the molecule is CC(C)CC(NC(=O)C(NC(=O)C(C)N)C(C)C)C(=O)N1CCCC1C(=O)NC(CCCN=C(N)N)C(=O)O. The molecule has 0 radical (unpaired) electrons. The van der Waals surface area contributed by atoms with E-state index in [0.29, 0.717) is 32.2 Å². The van der Waals surface area contributed by atoms with Gasteiger partial charge in [-0.05, 0) is 50.9 Å². The normalized spacial score (nSPS) is 18.2. The fourth-order valence-electron chi connectivity index (χ4n) is 4.31. The van der Waals surface area contributed by atoms with E-state index in [4.69, 9.17) is 17.2 Å². The number of likely N-dealkylation sites (tertiary alicyclic amines) is 1. The van der Waals surface area contributed by atoms with Crippen molar-refractivity contribution in [1.82, 2.24) is 20.9 Å². The van der Waals surface area contributed by atoms with Crippen LogP contribution >= 0.6 is 0 Å². The molecule has 1 aliphatic heterocycles. The van der Waals surface area contributed by atoms with Crippen molar-refractivity contribution in [2.24, 2.45) is 34.0 Å². The van der Waals surface area contributed by atoms with Gasteiger partial charge in [-0.25, -0.2) is 4.79 Å². The summed E-state index contributed by atoms with van der Waals surface area (Å²) in [5.41, 5.74) is 16.2. The lowest BCUT2D eigenvalue weighted by atomic mass is 9.99. The van der Waals surface area contributed by atoms with Crippen LogP contribution in [-0.4, -0.2) is 88.9 Å². The Labute approximate surface area is 229 Å². The van der Waals surface area contributed by atoms with Crippen molar-refractivity contribution in [2.75, 3.05) is 13.1 Å². The lowest BCUT2D eigenvalue weighted by molar-refractivity contribution is -0.145. The summed E-state index contributed by atoms with van der Waals surface area (Å²) >= 11 is 0. The van der Waals surface area contributed by atoms with Crippen molar-refractivity contribution < 1.29 is 29.1 Å². The number of nitrogens with one attached hydrogen (secondary N) is 3. The van der Waals surface area contributed by atoms with Gasteiger partial charge in [0.05, 0.1) is 6.04 Å². The molecule has 0 bridgehead atoms. The van der Waals surface area contributed by atoms with Gasteiger partial charge in [-0.2, -0.15) is 0 Å². The monoisotopic (exact) mass is 554 g/mol. The van der Waals surface area contributed by atoms with E-state index in [2.05, 4.69) is 20.9 Å². The predicted octanol–water partition coefficient (Wildman–Crippen LogP) is -1.38. The Kier molecular flexibility index (Phi) is 13.7. The number of carbonyl (C=O) groups excluding carboxylic acids is 4. The Hall–Kier alpha value is -3.42. The number of aliphatic imine (C=N–C) groups is 1. The van der Waals surface area contributed by atoms with Gasteiger partial charge in [-0.1, -0.05) is 27.7 Å². The summed E-state index contributed by atoms with van der Waals surface area (Å²) in [6.07, 6.45) is 1.66. The van der Waals surface area contributed by atoms with Crippen molar-refractivity contribution in [2.45, 2.75) is 96.9 Å². The van der Waals surface area contributed by atoms with Gasteiger partial charge in [0, 0.05) is 13.1 Å². The van der Waals surface area contributed by atoms with Crippen LogP contribution in [0.2, 0.25) is 0 Å². The largest absolute Gasteiger partial charge is 0.480 e. The molecule has 1 fully saturated rings. The van der Waals surface area contributed by atoms with Gasteiger partial charge in [0.15, 0.2) is 5.96 Å². The molecule has 0 spiro atoms. The summed E-state index contributed by atoms with van der Waals surface area (Å²) in [4.78, 5) is 68.9. The summed E-state index contributed by atoms with van der Waals surface area (Å²) in [6.45, 7) is 9.35. The Bertz CT molecular complexity index is 903. The average Bonchev–Trinajstić information content (AvgIpc) is 3.32. The minimum Gasteiger partial charge on any atom is -0.480 e. The second-order valence-corrected chi connectivity index (χ2v) is 10.7. The van der Waals surface area contributed by atoms with Gasteiger partial charge < -0.3 is 43.2 Å². The first-order valence-corrected chi connectivity index (χ1v) is 13.4. The Morgan fingerprint density at radius 2 is 1.62 bits per heavy atom. The first-order chi connectivity index (χ1) is 18.1. The van der Waals surface area contributed by atoms with E-state index in [1.807, 2.05) is 13.8 Å². The fourth-order valence-corrected chi connectivity index (χ4v) is 4.31. The number of rotatable bonds is 15. The highest BCUT2D eigenvalue weighted by Gasteiger charge is 2.39. The van der Waals surface area contributed by atoms with Crippen molar-refractivity contribution in [1.29, 1.82) is 0 Å². The third kappa shape index (κ3) is 11.1. The van der Waals surface area contributed by atoms with Crippen LogP contribution in [0.5, 0.6) is 0 Å². The molecule has 14 nitrogen and oxygen atoms in total. The zero-order valence-corrected chi connectivity index (χ0v) is 23.6. The van der Waals surface area contributed by atoms with Gasteiger partial charge in [0.25, 0.3) is 0 Å². The van der Waals surface area contributed by atoms with E-state index >= 15 is 0 Å². The highest BCUT2D eigenvalue weighted by molar-refractivity contribution is 5.95. The summed E-state index contributed by atoms with van der Waals surface area (Å²) in [5, 5.41) is 17.5. The third-order valence-corrected chi connectivity index (χ3v) is 6.38. The number of aliphatic carboxylic acids is 1. The van der Waals surface area contributed by atoms with Crippen molar-refractivity contribution in [3.63, 3.8) is 0 Å². The van der Waals surface area contributed by atoms with E-state index in [1.165, 1.54) is 11.8 Å². The molecule has 0 saturated carbocycles. The molecule has 4 amide bonds. The van der Waals surface area contributed by atoms with E-state index in [1.54, 1.807) is 13.8 Å². The molecule has 1 rings (SSSR count). The van der Waals surface area contributed by atoms with Gasteiger partial charge >= 0.3 is 5.97 Å². The van der Waals surface area contributed by atoms with Crippen molar-refractivity contribution >= 4 is 35.6 Å². The Morgan fingerprint density at radius 1 is 0.974 bits per heavy atom. The maximum atomic E-state index is 13.6. The predicted molar refractivity (Wildman–Crippen MR) is 146 cm³/mol. The number of hydrogen-bond donors (Lipinski definition) is 7. The highest BCUT2D eigenvalue weighted by Crippen LogP contribution is 2.21. The summed E-state index contributed by atoms with van der Waals surface area (Å²) in [5.74, 6) is -3.57. The molecule has 0 aromatic carbocycles. The first-order valence-electron chi connectivity index (χ1n) is 13.4. The van der Waals surface area contributed by atoms with Crippen LogP contribution in [-0.2, 0) is 24.0 Å². The molecule has 39 heavy (non-hydrogen) atoms. The van der Waals surface area contributed by atoms with Crippen molar-refractivity contribution in [3.05, 3.63) is 0 Å². The van der Waals surface area contributed by atoms with Crippen LogP contribution in [0.15, 0.2) is 4.99 Å². The molecule has 10 N–H and O–H groups in total. The Morgan fingerprint density at radius 3 is 2.13 bits per heavy atom. The number of hydrogen-bond acceptors (Lipinski definition) is 7. The molecule has 5 unspecified atom stereocenters. The maximum absolute atomic E-state index is 13.6. The molecule has 1 aliphatic rings. The van der Waals surface area contributed by atoms with Crippen LogP contribution in [0, 0.1) is 11.8 Å². The molecule has 0 aliphatic carbocycles. The van der Waals surface area contributed by atoms with Crippen molar-refractivity contribution in [3.8, 4) is 0 Å².